The van der Waals surface area contributed by atoms with Crippen molar-refractivity contribution in [3.8, 4) is 0 Å². The number of rotatable bonds is 4. The molecule has 0 fully saturated rings. The average Bonchev–Trinajstić information content (AvgIpc) is 3.02. The summed E-state index contributed by atoms with van der Waals surface area (Å²) in [6.07, 6.45) is 4.76. The number of benzene rings is 2. The number of aliphatic hydroxyl groups excluding tert-OH is 1. The SMILES string of the molecule is C/C=C1\CCCc2c(CO)ccc(C(=O)O)c21.O=C(O)CN1C(=O)c2ccccc2C1=O. The van der Waals surface area contributed by atoms with E-state index in [0.717, 1.165) is 46.4 Å². The Morgan fingerprint density at radius 2 is 1.62 bits per heavy atom. The van der Waals surface area contributed by atoms with E-state index in [9.17, 15) is 29.4 Å². The van der Waals surface area contributed by atoms with Crippen LogP contribution in [0.2, 0.25) is 0 Å². The van der Waals surface area contributed by atoms with Gasteiger partial charge in [0.2, 0.25) is 0 Å². The third-order valence-electron chi connectivity index (χ3n) is 5.52. The zero-order valence-corrected chi connectivity index (χ0v) is 17.5. The van der Waals surface area contributed by atoms with Gasteiger partial charge in [-0.25, -0.2) is 4.79 Å². The van der Waals surface area contributed by atoms with Gasteiger partial charge in [-0.15, -0.1) is 0 Å². The Hall–Kier alpha value is -3.78. The molecule has 2 aromatic carbocycles. The molecule has 2 aliphatic rings. The second kappa shape index (κ2) is 9.57. The number of hydrogen-bond acceptors (Lipinski definition) is 5. The van der Waals surface area contributed by atoms with Crippen molar-refractivity contribution in [3.63, 3.8) is 0 Å². The van der Waals surface area contributed by atoms with Gasteiger partial charge >= 0.3 is 11.9 Å². The van der Waals surface area contributed by atoms with Gasteiger partial charge in [-0.2, -0.15) is 0 Å². The van der Waals surface area contributed by atoms with Crippen molar-refractivity contribution >= 4 is 29.3 Å². The van der Waals surface area contributed by atoms with Gasteiger partial charge in [0.05, 0.1) is 23.3 Å². The summed E-state index contributed by atoms with van der Waals surface area (Å²) in [7, 11) is 0. The van der Waals surface area contributed by atoms with Crippen molar-refractivity contribution in [2.75, 3.05) is 6.54 Å². The van der Waals surface area contributed by atoms with E-state index < -0.39 is 30.3 Å². The number of carboxylic acid groups (broad SMARTS) is 2. The zero-order valence-electron chi connectivity index (χ0n) is 17.5. The van der Waals surface area contributed by atoms with Crippen LogP contribution in [0.15, 0.2) is 42.5 Å². The molecule has 0 saturated carbocycles. The predicted octanol–water partition coefficient (Wildman–Crippen LogP) is 2.98. The lowest BCUT2D eigenvalue weighted by Gasteiger charge is -2.23. The van der Waals surface area contributed by atoms with Crippen molar-refractivity contribution in [2.24, 2.45) is 0 Å². The van der Waals surface area contributed by atoms with Crippen LogP contribution in [0.5, 0.6) is 0 Å². The van der Waals surface area contributed by atoms with Crippen molar-refractivity contribution < 1.29 is 34.5 Å². The lowest BCUT2D eigenvalue weighted by Crippen LogP contribution is -2.34. The molecule has 3 N–H and O–H groups in total. The predicted molar refractivity (Wildman–Crippen MR) is 115 cm³/mol. The first kappa shape index (κ1) is 22.9. The molecule has 8 nitrogen and oxygen atoms in total. The highest BCUT2D eigenvalue weighted by Gasteiger charge is 2.36. The summed E-state index contributed by atoms with van der Waals surface area (Å²) in [5, 5.41) is 27.1. The highest BCUT2D eigenvalue weighted by atomic mass is 16.4. The molecule has 0 saturated heterocycles. The number of aliphatic hydroxyl groups is 1. The number of aromatic carboxylic acids is 1. The van der Waals surface area contributed by atoms with Crippen LogP contribution in [-0.4, -0.2) is 50.5 Å². The molecule has 2 amide bonds. The molecular weight excluding hydrogens is 414 g/mol. The van der Waals surface area contributed by atoms with Crippen LogP contribution in [0.1, 0.15) is 67.5 Å². The first-order valence-electron chi connectivity index (χ1n) is 10.1. The summed E-state index contributed by atoms with van der Waals surface area (Å²) in [6, 6.07) is 9.61. The van der Waals surface area contributed by atoms with E-state index in [4.69, 9.17) is 5.11 Å². The molecule has 1 aliphatic heterocycles. The van der Waals surface area contributed by atoms with Gasteiger partial charge < -0.3 is 15.3 Å². The van der Waals surface area contributed by atoms with Crippen molar-refractivity contribution in [1.29, 1.82) is 0 Å². The Morgan fingerprint density at radius 1 is 1.00 bits per heavy atom. The molecule has 0 unspecified atom stereocenters. The fourth-order valence-corrected chi connectivity index (χ4v) is 4.06. The summed E-state index contributed by atoms with van der Waals surface area (Å²) in [5.41, 5.74) is 4.66. The van der Waals surface area contributed by atoms with E-state index in [1.54, 1.807) is 24.3 Å². The Bertz CT molecular complexity index is 1100. The minimum absolute atomic E-state index is 0.0285. The van der Waals surface area contributed by atoms with Gasteiger partial charge in [0.15, 0.2) is 0 Å². The van der Waals surface area contributed by atoms with Crippen LogP contribution >= 0.6 is 0 Å². The zero-order chi connectivity index (χ0) is 23.4. The fourth-order valence-electron chi connectivity index (χ4n) is 4.06. The highest BCUT2D eigenvalue weighted by molar-refractivity contribution is 6.22. The van der Waals surface area contributed by atoms with Crippen LogP contribution in [0.25, 0.3) is 5.57 Å². The first-order valence-corrected chi connectivity index (χ1v) is 10.1. The molecule has 8 heteroatoms. The molecule has 0 atom stereocenters. The number of hydrogen-bond donors (Lipinski definition) is 3. The molecule has 0 radical (unpaired) electrons. The average molecular weight is 437 g/mol. The number of amides is 2. The summed E-state index contributed by atoms with van der Waals surface area (Å²) >= 11 is 0. The van der Waals surface area contributed by atoms with E-state index in [0.29, 0.717) is 5.56 Å². The standard InChI is InChI=1S/C14H16O3.C10H7NO4/c1-2-9-4-3-5-11-10(8-15)6-7-12(13(9)11)14(16)17;12-8(13)5-11-9(14)6-3-1-2-4-7(6)10(11)15/h2,6-7,15H,3-5,8H2,1H3,(H,16,17);1-4H,5H2,(H,12,13)/b9-2+;. The second-order valence-electron chi connectivity index (χ2n) is 7.39. The number of carbonyl (C=O) groups excluding carboxylic acids is 2. The molecular formula is C24H23NO7. The molecule has 2 aromatic rings. The minimum atomic E-state index is -1.20. The minimum Gasteiger partial charge on any atom is -0.480 e. The fraction of sp³-hybridized carbons (Fsp3) is 0.250. The molecule has 0 aromatic heterocycles. The van der Waals surface area contributed by atoms with E-state index in [1.165, 1.54) is 12.1 Å². The molecule has 4 rings (SSSR count). The molecule has 32 heavy (non-hydrogen) atoms. The summed E-state index contributed by atoms with van der Waals surface area (Å²) in [6.45, 7) is 1.31. The van der Waals surface area contributed by atoms with E-state index in [1.807, 2.05) is 13.0 Å². The van der Waals surface area contributed by atoms with Crippen LogP contribution in [-0.2, 0) is 17.8 Å². The van der Waals surface area contributed by atoms with E-state index in [-0.39, 0.29) is 17.7 Å². The molecule has 1 aliphatic carbocycles. The lowest BCUT2D eigenvalue weighted by molar-refractivity contribution is -0.137. The number of allylic oxidation sites excluding steroid dienone is 2. The van der Waals surface area contributed by atoms with Crippen LogP contribution < -0.4 is 0 Å². The third kappa shape index (κ3) is 4.31. The van der Waals surface area contributed by atoms with Crippen LogP contribution in [0.3, 0.4) is 0 Å². The number of nitrogens with zero attached hydrogens (tertiary/aromatic N) is 1. The van der Waals surface area contributed by atoms with Crippen LogP contribution in [0, 0.1) is 0 Å². The number of fused-ring (bicyclic) bond motifs is 2. The van der Waals surface area contributed by atoms with Gasteiger partial charge in [0.25, 0.3) is 11.8 Å². The van der Waals surface area contributed by atoms with E-state index >= 15 is 0 Å². The summed E-state index contributed by atoms with van der Waals surface area (Å²) < 4.78 is 0. The third-order valence-corrected chi connectivity index (χ3v) is 5.52. The van der Waals surface area contributed by atoms with Gasteiger partial charge in [-0.05, 0) is 66.6 Å². The topological polar surface area (TPSA) is 132 Å². The maximum atomic E-state index is 11.6. The largest absolute Gasteiger partial charge is 0.480 e. The lowest BCUT2D eigenvalue weighted by atomic mass is 9.82. The number of aliphatic carboxylic acids is 1. The monoisotopic (exact) mass is 437 g/mol. The smallest absolute Gasteiger partial charge is 0.336 e. The van der Waals surface area contributed by atoms with Gasteiger partial charge in [0, 0.05) is 0 Å². The number of carboxylic acids is 2. The summed E-state index contributed by atoms with van der Waals surface area (Å²) in [4.78, 5) is 45.6. The van der Waals surface area contributed by atoms with Gasteiger partial charge in [-0.3, -0.25) is 19.3 Å². The Balaban J connectivity index is 0.000000182. The molecule has 1 heterocycles. The maximum Gasteiger partial charge on any atom is 0.336 e. The highest BCUT2D eigenvalue weighted by Crippen LogP contribution is 2.35. The Kier molecular flexibility index (Phi) is 6.85. The van der Waals surface area contributed by atoms with Gasteiger partial charge in [0.1, 0.15) is 6.54 Å². The first-order chi connectivity index (χ1) is 15.3. The molecule has 0 bridgehead atoms. The van der Waals surface area contributed by atoms with Crippen LogP contribution in [0.4, 0.5) is 0 Å². The summed E-state index contributed by atoms with van der Waals surface area (Å²) in [5.74, 6) is -3.19. The number of carbonyl (C=O) groups is 4. The van der Waals surface area contributed by atoms with Crippen molar-refractivity contribution in [1.82, 2.24) is 4.90 Å². The second-order valence-corrected chi connectivity index (χ2v) is 7.39. The quantitative estimate of drug-likeness (QED) is 0.627. The van der Waals surface area contributed by atoms with Gasteiger partial charge in [-0.1, -0.05) is 24.3 Å². The normalized spacial score (nSPS) is 15.7. The Morgan fingerprint density at radius 3 is 2.12 bits per heavy atom. The van der Waals surface area contributed by atoms with E-state index in [2.05, 4.69) is 0 Å². The van der Waals surface area contributed by atoms with Crippen molar-refractivity contribution in [3.05, 3.63) is 75.9 Å². The maximum absolute atomic E-state index is 11.6. The Labute approximate surface area is 184 Å². The van der Waals surface area contributed by atoms with Crippen molar-refractivity contribution in [2.45, 2.75) is 32.8 Å². The number of imide groups is 1. The molecule has 166 valence electrons. The molecule has 0 spiro atoms.